The molecular weight excluding hydrogens is 699 g/mol. The lowest BCUT2D eigenvalue weighted by Gasteiger charge is -2.34. The number of hydrogen-bond donors (Lipinski definition) is 0. The van der Waals surface area contributed by atoms with Gasteiger partial charge in [-0.05, 0) is 103 Å². The highest BCUT2D eigenvalue weighted by atomic mass is 15.1. The molecule has 0 saturated heterocycles. The Hall–Kier alpha value is -7.48. The van der Waals surface area contributed by atoms with Crippen molar-refractivity contribution >= 4 is 38.6 Å². The number of rotatable bonds is 7. The van der Waals surface area contributed by atoms with Gasteiger partial charge in [-0.3, -0.25) is 0 Å². The van der Waals surface area contributed by atoms with Crippen LogP contribution in [-0.4, -0.2) is 0 Å². The van der Waals surface area contributed by atoms with Crippen LogP contribution >= 0.6 is 0 Å². The van der Waals surface area contributed by atoms with Crippen molar-refractivity contribution in [2.75, 3.05) is 4.90 Å². The molecule has 0 atom stereocenters. The lowest BCUT2D eigenvalue weighted by Crippen LogP contribution is -2.28. The van der Waals surface area contributed by atoms with Gasteiger partial charge >= 0.3 is 0 Å². The fraction of sp³-hybridized carbons (Fsp3) is 0.0175. The summed E-state index contributed by atoms with van der Waals surface area (Å²) >= 11 is 0. The predicted octanol–water partition coefficient (Wildman–Crippen LogP) is 15.2. The average Bonchev–Trinajstić information content (AvgIpc) is 3.61. The number of anilines is 3. The summed E-state index contributed by atoms with van der Waals surface area (Å²) in [4.78, 5) is 2.50. The summed E-state index contributed by atoms with van der Waals surface area (Å²) in [5.74, 6) is 0. The summed E-state index contributed by atoms with van der Waals surface area (Å²) in [7, 11) is 0. The molecular formula is C57H39N. The molecule has 0 saturated carbocycles. The van der Waals surface area contributed by atoms with Crippen molar-refractivity contribution in [2.24, 2.45) is 0 Å². The van der Waals surface area contributed by atoms with Crippen molar-refractivity contribution in [2.45, 2.75) is 5.41 Å². The van der Waals surface area contributed by atoms with E-state index in [1.807, 2.05) is 0 Å². The summed E-state index contributed by atoms with van der Waals surface area (Å²) in [6.45, 7) is 0. The first-order valence-corrected chi connectivity index (χ1v) is 20.1. The Kier molecular flexibility index (Phi) is 8.12. The Balaban J connectivity index is 1.14. The van der Waals surface area contributed by atoms with Crippen molar-refractivity contribution in [3.05, 3.63) is 259 Å². The average molecular weight is 738 g/mol. The molecule has 0 radical (unpaired) electrons. The van der Waals surface area contributed by atoms with Crippen molar-refractivity contribution in [3.63, 3.8) is 0 Å². The molecule has 1 nitrogen and oxygen atoms in total. The summed E-state index contributed by atoms with van der Waals surface area (Å²) < 4.78 is 0. The zero-order chi connectivity index (χ0) is 38.5. The molecule has 0 fully saturated rings. The minimum Gasteiger partial charge on any atom is -0.309 e. The van der Waals surface area contributed by atoms with E-state index in [1.165, 1.54) is 77.2 Å². The lowest BCUT2D eigenvalue weighted by atomic mass is 9.68. The van der Waals surface area contributed by atoms with Gasteiger partial charge < -0.3 is 4.90 Å². The van der Waals surface area contributed by atoms with Crippen molar-refractivity contribution in [1.82, 2.24) is 0 Å². The first kappa shape index (κ1) is 33.8. The Morgan fingerprint density at radius 1 is 0.310 bits per heavy atom. The van der Waals surface area contributed by atoms with Gasteiger partial charge in [-0.15, -0.1) is 0 Å². The van der Waals surface area contributed by atoms with Gasteiger partial charge in [-0.2, -0.15) is 0 Å². The first-order valence-electron chi connectivity index (χ1n) is 20.1. The van der Waals surface area contributed by atoms with E-state index in [1.54, 1.807) is 0 Å². The van der Waals surface area contributed by atoms with Crippen LogP contribution in [0, 0.1) is 0 Å². The van der Waals surface area contributed by atoms with Gasteiger partial charge in [-0.25, -0.2) is 0 Å². The molecule has 1 heteroatoms. The molecule has 0 aliphatic heterocycles. The molecule has 11 rings (SSSR count). The van der Waals surface area contributed by atoms with Gasteiger partial charge in [0, 0.05) is 16.6 Å². The van der Waals surface area contributed by atoms with E-state index in [0.29, 0.717) is 0 Å². The van der Waals surface area contributed by atoms with E-state index >= 15 is 0 Å². The second-order valence-electron chi connectivity index (χ2n) is 15.3. The van der Waals surface area contributed by atoms with Crippen molar-refractivity contribution < 1.29 is 0 Å². The third-order valence-corrected chi connectivity index (χ3v) is 12.1. The third-order valence-electron chi connectivity index (χ3n) is 12.1. The van der Waals surface area contributed by atoms with Crippen molar-refractivity contribution in [1.29, 1.82) is 0 Å². The van der Waals surface area contributed by atoms with Crippen LogP contribution in [0.1, 0.15) is 22.3 Å². The van der Waals surface area contributed by atoms with E-state index < -0.39 is 5.41 Å². The van der Waals surface area contributed by atoms with Crippen LogP contribution in [0.5, 0.6) is 0 Å². The maximum atomic E-state index is 2.50. The lowest BCUT2D eigenvalue weighted by molar-refractivity contribution is 0.768. The SMILES string of the molecule is c1ccc(-c2ccc3cc(-c4cccc(N(c5cccc6c5-c5ccccc5C6(c5ccccc5)c5ccccc5)c5cccc6ccccc56)c4)ccc3c2)cc1. The van der Waals surface area contributed by atoms with Crippen LogP contribution < -0.4 is 4.90 Å². The van der Waals surface area contributed by atoms with Gasteiger partial charge in [-0.1, -0.05) is 200 Å². The molecule has 0 heterocycles. The zero-order valence-electron chi connectivity index (χ0n) is 32.0. The molecule has 272 valence electrons. The van der Waals surface area contributed by atoms with E-state index in [0.717, 1.165) is 17.1 Å². The second-order valence-corrected chi connectivity index (χ2v) is 15.3. The molecule has 0 bridgehead atoms. The topological polar surface area (TPSA) is 3.24 Å². The molecule has 0 spiro atoms. The van der Waals surface area contributed by atoms with Crippen LogP contribution in [0.2, 0.25) is 0 Å². The maximum absolute atomic E-state index is 2.50. The van der Waals surface area contributed by atoms with Crippen LogP contribution in [0.3, 0.4) is 0 Å². The van der Waals surface area contributed by atoms with Gasteiger partial charge in [0.05, 0.1) is 16.8 Å². The van der Waals surface area contributed by atoms with Crippen LogP contribution in [0.4, 0.5) is 17.1 Å². The minimum absolute atomic E-state index is 0.498. The number of hydrogen-bond acceptors (Lipinski definition) is 1. The van der Waals surface area contributed by atoms with Crippen molar-refractivity contribution in [3.8, 4) is 33.4 Å². The minimum atomic E-state index is -0.498. The Morgan fingerprint density at radius 2 is 0.828 bits per heavy atom. The highest BCUT2D eigenvalue weighted by Crippen LogP contribution is 2.59. The summed E-state index contributed by atoms with van der Waals surface area (Å²) in [6.07, 6.45) is 0. The molecule has 10 aromatic rings. The van der Waals surface area contributed by atoms with E-state index in [4.69, 9.17) is 0 Å². The predicted molar refractivity (Wildman–Crippen MR) is 244 cm³/mol. The van der Waals surface area contributed by atoms with Crippen LogP contribution in [0.15, 0.2) is 237 Å². The monoisotopic (exact) mass is 737 g/mol. The van der Waals surface area contributed by atoms with E-state index in [9.17, 15) is 0 Å². The van der Waals surface area contributed by atoms with Gasteiger partial charge in [0.1, 0.15) is 0 Å². The quantitative estimate of drug-likeness (QED) is 0.157. The van der Waals surface area contributed by atoms with E-state index in [-0.39, 0.29) is 0 Å². The summed E-state index contributed by atoms with van der Waals surface area (Å²) in [6, 6.07) is 86.9. The highest BCUT2D eigenvalue weighted by Gasteiger charge is 2.47. The van der Waals surface area contributed by atoms with Gasteiger partial charge in [0.25, 0.3) is 0 Å². The normalized spacial score (nSPS) is 12.6. The number of benzene rings is 10. The third kappa shape index (κ3) is 5.39. The Bertz CT molecular complexity index is 3070. The van der Waals surface area contributed by atoms with Gasteiger partial charge in [0.2, 0.25) is 0 Å². The molecule has 0 unspecified atom stereocenters. The fourth-order valence-electron chi connectivity index (χ4n) is 9.53. The molecule has 0 amide bonds. The fourth-order valence-corrected chi connectivity index (χ4v) is 9.53. The van der Waals surface area contributed by atoms with Crippen LogP contribution in [0.25, 0.3) is 54.9 Å². The standard InChI is InChI=1S/C57H39N/c1-4-17-40(18-5-1)43-33-34-46-38-44(35-36-45(46)37-43)42-21-14-26-49(39-42)58(54-31-15-20-41-19-10-11-27-50(41)54)55-32-16-30-53-56(55)51-28-12-13-29-52(51)57(53,47-22-6-2-7-23-47)48-24-8-3-9-25-48/h1-39H. The number of nitrogens with zero attached hydrogens (tertiary/aromatic N) is 1. The summed E-state index contributed by atoms with van der Waals surface area (Å²) in [5.41, 5.74) is 15.3. The van der Waals surface area contributed by atoms with E-state index in [2.05, 4.69) is 241 Å². The molecule has 10 aromatic carbocycles. The second kappa shape index (κ2) is 13.9. The molecule has 58 heavy (non-hydrogen) atoms. The summed E-state index contributed by atoms with van der Waals surface area (Å²) in [5, 5.41) is 4.87. The number of fused-ring (bicyclic) bond motifs is 5. The van der Waals surface area contributed by atoms with Gasteiger partial charge in [0.15, 0.2) is 0 Å². The molecule has 1 aliphatic rings. The largest absolute Gasteiger partial charge is 0.309 e. The smallest absolute Gasteiger partial charge is 0.0714 e. The zero-order valence-corrected chi connectivity index (χ0v) is 32.0. The molecule has 1 aliphatic carbocycles. The Labute approximate surface area is 339 Å². The maximum Gasteiger partial charge on any atom is 0.0714 e. The Morgan fingerprint density at radius 3 is 1.57 bits per heavy atom. The van der Waals surface area contributed by atoms with Crippen LogP contribution in [-0.2, 0) is 5.41 Å². The molecule has 0 N–H and O–H groups in total. The first-order chi connectivity index (χ1) is 28.8. The molecule has 0 aromatic heterocycles. The highest BCUT2D eigenvalue weighted by molar-refractivity contribution is 6.04.